The van der Waals surface area contributed by atoms with E-state index in [2.05, 4.69) is 34.9 Å². The van der Waals surface area contributed by atoms with Gasteiger partial charge in [-0.25, -0.2) is 4.79 Å². The van der Waals surface area contributed by atoms with Gasteiger partial charge in [0.25, 0.3) is 0 Å². The molecule has 0 aromatic heterocycles. The lowest BCUT2D eigenvalue weighted by atomic mass is 9.94. The second-order valence-electron chi connectivity index (χ2n) is 11.4. The molecule has 3 atom stereocenters. The number of nitrogens with zero attached hydrogens (tertiary/aromatic N) is 1. The molecule has 5 rings (SSSR count). The molecular weight excluding hydrogens is 530 g/mol. The van der Waals surface area contributed by atoms with Crippen LogP contribution in [0.2, 0.25) is 0 Å². The highest BCUT2D eigenvalue weighted by Gasteiger charge is 2.34. The monoisotopic (exact) mass is 569 g/mol. The van der Waals surface area contributed by atoms with Crippen LogP contribution in [0.4, 0.5) is 4.79 Å². The zero-order valence-corrected chi connectivity index (χ0v) is 24.0. The Kier molecular flexibility index (Phi) is 9.54. The van der Waals surface area contributed by atoms with Crippen molar-refractivity contribution in [3.05, 3.63) is 95.6 Å². The third-order valence-electron chi connectivity index (χ3n) is 8.40. The molecule has 1 fully saturated rings. The van der Waals surface area contributed by atoms with Crippen LogP contribution in [-0.2, 0) is 20.9 Å². The number of carboxylic acids is 1. The third-order valence-corrected chi connectivity index (χ3v) is 8.40. The number of likely N-dealkylation sites (N-methyl/N-ethyl adjacent to an activating group) is 1. The Bertz CT molecular complexity index is 1350. The number of carbonyl (C=O) groups is 3. The minimum Gasteiger partial charge on any atom is -0.481 e. The molecule has 3 N–H and O–H groups in total. The molecule has 0 heterocycles. The molecule has 42 heavy (non-hydrogen) atoms. The molecule has 1 unspecified atom stereocenters. The van der Waals surface area contributed by atoms with E-state index in [1.807, 2.05) is 66.5 Å². The topological polar surface area (TPSA) is 108 Å². The predicted molar refractivity (Wildman–Crippen MR) is 161 cm³/mol. The van der Waals surface area contributed by atoms with Gasteiger partial charge >= 0.3 is 12.1 Å². The molecular formula is C34H39N3O5. The maximum atomic E-state index is 13.6. The molecule has 8 heteroatoms. The van der Waals surface area contributed by atoms with Crippen molar-refractivity contribution in [3.63, 3.8) is 0 Å². The van der Waals surface area contributed by atoms with E-state index >= 15 is 0 Å². The summed E-state index contributed by atoms with van der Waals surface area (Å²) in [6.07, 6.45) is 3.06. The Labute approximate surface area is 247 Å². The number of hydrogen-bond acceptors (Lipinski definition) is 5. The molecule has 3 aromatic rings. The van der Waals surface area contributed by atoms with Crippen molar-refractivity contribution >= 4 is 18.0 Å². The molecule has 0 radical (unpaired) electrons. The van der Waals surface area contributed by atoms with E-state index in [0.29, 0.717) is 19.4 Å². The number of nitrogens with one attached hydrogen (secondary N) is 2. The number of carboxylic acid groups (broad SMARTS) is 1. The van der Waals surface area contributed by atoms with Crippen molar-refractivity contribution in [2.75, 3.05) is 20.2 Å². The summed E-state index contributed by atoms with van der Waals surface area (Å²) in [4.78, 5) is 40.7. The quantitative estimate of drug-likeness (QED) is 0.291. The van der Waals surface area contributed by atoms with Gasteiger partial charge in [0.15, 0.2) is 0 Å². The number of hydrogen-bond donors (Lipinski definition) is 3. The molecule has 0 bridgehead atoms. The molecule has 2 amide bonds. The molecule has 2 aliphatic rings. The highest BCUT2D eigenvalue weighted by molar-refractivity contribution is 5.87. The van der Waals surface area contributed by atoms with Crippen LogP contribution in [0.5, 0.6) is 0 Å². The number of amides is 2. The Morgan fingerprint density at radius 3 is 2.17 bits per heavy atom. The van der Waals surface area contributed by atoms with Crippen LogP contribution in [0, 0.1) is 5.92 Å². The minimum absolute atomic E-state index is 0.0986. The number of fused-ring (bicyclic) bond motifs is 3. The third kappa shape index (κ3) is 6.99. The highest BCUT2D eigenvalue weighted by Crippen LogP contribution is 2.44. The van der Waals surface area contributed by atoms with Gasteiger partial charge in [0, 0.05) is 25.0 Å². The van der Waals surface area contributed by atoms with Crippen molar-refractivity contribution in [1.82, 2.24) is 15.5 Å². The Hall–Kier alpha value is -4.17. The Morgan fingerprint density at radius 2 is 1.50 bits per heavy atom. The van der Waals surface area contributed by atoms with Gasteiger partial charge in [-0.05, 0) is 47.7 Å². The van der Waals surface area contributed by atoms with Gasteiger partial charge in [-0.2, -0.15) is 0 Å². The van der Waals surface area contributed by atoms with E-state index < -0.39 is 36.0 Å². The predicted octanol–water partition coefficient (Wildman–Crippen LogP) is 5.18. The van der Waals surface area contributed by atoms with Crippen molar-refractivity contribution in [2.45, 2.75) is 56.7 Å². The Morgan fingerprint density at radius 1 is 0.881 bits per heavy atom. The van der Waals surface area contributed by atoms with Crippen molar-refractivity contribution in [1.29, 1.82) is 0 Å². The molecule has 1 saturated carbocycles. The summed E-state index contributed by atoms with van der Waals surface area (Å²) < 4.78 is 5.75. The van der Waals surface area contributed by atoms with E-state index in [1.54, 1.807) is 0 Å². The molecule has 220 valence electrons. The van der Waals surface area contributed by atoms with Gasteiger partial charge in [0.2, 0.25) is 5.91 Å². The fourth-order valence-electron chi connectivity index (χ4n) is 6.31. The van der Waals surface area contributed by atoms with Crippen LogP contribution < -0.4 is 10.6 Å². The SMILES string of the molecule is CN(Cc1ccccc1)CC(NC(=O)OCC1c2ccccc2-c2ccccc21)C(=O)N[C@H]1CCCCC[C@H]1C(=O)O. The molecule has 8 nitrogen and oxygen atoms in total. The summed E-state index contributed by atoms with van der Waals surface area (Å²) in [5.74, 6) is -2.04. The molecule has 0 aliphatic heterocycles. The lowest BCUT2D eigenvalue weighted by Crippen LogP contribution is -2.55. The van der Waals surface area contributed by atoms with Gasteiger partial charge in [-0.1, -0.05) is 98.1 Å². The zero-order chi connectivity index (χ0) is 29.5. The maximum Gasteiger partial charge on any atom is 0.407 e. The van der Waals surface area contributed by atoms with Crippen molar-refractivity contribution in [2.24, 2.45) is 5.92 Å². The first-order valence-corrected chi connectivity index (χ1v) is 14.8. The Balaban J connectivity index is 1.28. The first-order valence-electron chi connectivity index (χ1n) is 14.8. The number of aliphatic carboxylic acids is 1. The second-order valence-corrected chi connectivity index (χ2v) is 11.4. The van der Waals surface area contributed by atoms with Crippen LogP contribution in [0.25, 0.3) is 11.1 Å². The first kappa shape index (κ1) is 29.3. The van der Waals surface area contributed by atoms with E-state index in [1.165, 1.54) is 0 Å². The first-order chi connectivity index (χ1) is 20.4. The van der Waals surface area contributed by atoms with Gasteiger partial charge in [0.05, 0.1) is 5.92 Å². The van der Waals surface area contributed by atoms with Crippen LogP contribution in [0.1, 0.15) is 54.7 Å². The fraction of sp³-hybridized carbons (Fsp3) is 0.382. The fourth-order valence-corrected chi connectivity index (χ4v) is 6.31. The summed E-state index contributed by atoms with van der Waals surface area (Å²) in [7, 11) is 1.89. The number of rotatable bonds is 10. The average molecular weight is 570 g/mol. The van der Waals surface area contributed by atoms with E-state index in [4.69, 9.17) is 4.74 Å². The van der Waals surface area contributed by atoms with E-state index in [9.17, 15) is 19.5 Å². The average Bonchev–Trinajstić information content (AvgIpc) is 3.11. The lowest BCUT2D eigenvalue weighted by Gasteiger charge is -2.28. The molecule has 2 aliphatic carbocycles. The normalized spacial score (nSPS) is 18.8. The smallest absolute Gasteiger partial charge is 0.407 e. The van der Waals surface area contributed by atoms with Gasteiger partial charge in [0.1, 0.15) is 12.6 Å². The summed E-state index contributed by atoms with van der Waals surface area (Å²) in [5.41, 5.74) is 5.57. The number of alkyl carbamates (subject to hydrolysis) is 1. The zero-order valence-electron chi connectivity index (χ0n) is 24.0. The van der Waals surface area contributed by atoms with Gasteiger partial charge in [-0.15, -0.1) is 0 Å². The largest absolute Gasteiger partial charge is 0.481 e. The van der Waals surface area contributed by atoms with E-state index in [-0.39, 0.29) is 19.1 Å². The highest BCUT2D eigenvalue weighted by atomic mass is 16.5. The summed E-state index contributed by atoms with van der Waals surface area (Å²) in [6.45, 7) is 0.950. The maximum absolute atomic E-state index is 13.6. The summed E-state index contributed by atoms with van der Waals surface area (Å²) in [5, 5.41) is 15.6. The second kappa shape index (κ2) is 13.7. The number of benzene rings is 3. The number of ether oxygens (including phenoxy) is 1. The minimum atomic E-state index is -0.924. The van der Waals surface area contributed by atoms with Gasteiger partial charge in [-0.3, -0.25) is 14.5 Å². The van der Waals surface area contributed by atoms with Crippen LogP contribution >= 0.6 is 0 Å². The molecule has 0 spiro atoms. The standard InChI is InChI=1S/C34H39N3O5/c1-37(20-23-12-4-2-5-13-23)21-31(32(38)35-30-19-7-3-6-18-28(30)33(39)40)36-34(41)42-22-29-26-16-10-8-14-24(26)25-15-9-11-17-27(25)29/h2,4-5,8-17,28-31H,3,6-7,18-22H2,1H3,(H,35,38)(H,36,41)(H,39,40)/t28-,30+,31?/m1/s1. The lowest BCUT2D eigenvalue weighted by molar-refractivity contribution is -0.143. The van der Waals surface area contributed by atoms with Crippen LogP contribution in [-0.4, -0.2) is 60.3 Å². The van der Waals surface area contributed by atoms with E-state index in [0.717, 1.165) is 47.1 Å². The van der Waals surface area contributed by atoms with Crippen molar-refractivity contribution in [3.8, 4) is 11.1 Å². The molecule has 0 saturated heterocycles. The summed E-state index contributed by atoms with van der Waals surface area (Å²) in [6, 6.07) is 24.7. The number of carbonyl (C=O) groups excluding carboxylic acids is 2. The van der Waals surface area contributed by atoms with Crippen LogP contribution in [0.15, 0.2) is 78.9 Å². The molecule has 3 aromatic carbocycles. The van der Waals surface area contributed by atoms with Gasteiger partial charge < -0.3 is 20.5 Å². The van der Waals surface area contributed by atoms with Crippen molar-refractivity contribution < 1.29 is 24.2 Å². The van der Waals surface area contributed by atoms with Crippen LogP contribution in [0.3, 0.4) is 0 Å². The summed E-state index contributed by atoms with van der Waals surface area (Å²) >= 11 is 0.